The molecule has 0 fully saturated rings. The molecule has 2 aromatic carbocycles. The number of benzene rings is 2. The number of hydrogen-bond donors (Lipinski definition) is 2. The van der Waals surface area contributed by atoms with Crippen molar-refractivity contribution in [2.24, 2.45) is 0 Å². The number of aryl methyl sites for hydroxylation is 1. The zero-order valence-corrected chi connectivity index (χ0v) is 16.1. The molecule has 2 N–H and O–H groups in total. The third-order valence-electron chi connectivity index (χ3n) is 3.95. The highest BCUT2D eigenvalue weighted by atomic mass is 16.5. The summed E-state index contributed by atoms with van der Waals surface area (Å²) in [7, 11) is 3.39. The fraction of sp³-hybridized carbons (Fsp3) is 0.190. The summed E-state index contributed by atoms with van der Waals surface area (Å²) >= 11 is 0. The molecule has 1 aromatic heterocycles. The summed E-state index contributed by atoms with van der Waals surface area (Å²) in [5.74, 6) is 1.91. The Balaban J connectivity index is 1.61. The smallest absolute Gasteiger partial charge is 0.259 e. The molecule has 7 nitrogen and oxygen atoms in total. The van der Waals surface area contributed by atoms with E-state index < -0.39 is 0 Å². The Bertz CT molecular complexity index is 942. The first-order chi connectivity index (χ1) is 13.5. The molecule has 0 aliphatic heterocycles. The molecule has 144 valence electrons. The van der Waals surface area contributed by atoms with Crippen molar-refractivity contribution in [1.82, 2.24) is 14.9 Å². The predicted molar refractivity (Wildman–Crippen MR) is 110 cm³/mol. The van der Waals surface area contributed by atoms with Crippen LogP contribution in [0.3, 0.4) is 0 Å². The first-order valence-corrected chi connectivity index (χ1v) is 8.85. The molecule has 0 atom stereocenters. The van der Waals surface area contributed by atoms with Gasteiger partial charge in [0.1, 0.15) is 23.7 Å². The average molecular weight is 377 g/mol. The zero-order valence-electron chi connectivity index (χ0n) is 16.1. The SMILES string of the molecule is Cc1cccc(Nc2cc(Nc3ccc(OCC(=O)N(C)C)cc3)ncn2)c1. The summed E-state index contributed by atoms with van der Waals surface area (Å²) < 4.78 is 5.47. The Hall–Kier alpha value is -3.61. The van der Waals surface area contributed by atoms with Gasteiger partial charge in [0.15, 0.2) is 6.61 Å². The maximum Gasteiger partial charge on any atom is 0.259 e. The van der Waals surface area contributed by atoms with E-state index in [-0.39, 0.29) is 12.5 Å². The summed E-state index contributed by atoms with van der Waals surface area (Å²) in [4.78, 5) is 21.6. The number of ether oxygens (including phenoxy) is 1. The van der Waals surface area contributed by atoms with Crippen molar-refractivity contribution in [3.05, 3.63) is 66.5 Å². The van der Waals surface area contributed by atoms with E-state index >= 15 is 0 Å². The first kappa shape index (κ1) is 19.2. The van der Waals surface area contributed by atoms with Crippen LogP contribution in [-0.2, 0) is 4.79 Å². The van der Waals surface area contributed by atoms with Crippen LogP contribution in [0.2, 0.25) is 0 Å². The van der Waals surface area contributed by atoms with Crippen molar-refractivity contribution in [2.75, 3.05) is 31.3 Å². The second-order valence-electron chi connectivity index (χ2n) is 6.51. The van der Waals surface area contributed by atoms with E-state index in [0.29, 0.717) is 17.4 Å². The molecule has 0 aliphatic carbocycles. The lowest BCUT2D eigenvalue weighted by Crippen LogP contribution is -2.27. The number of rotatable bonds is 7. The van der Waals surface area contributed by atoms with Gasteiger partial charge in [0, 0.05) is 31.5 Å². The lowest BCUT2D eigenvalue weighted by atomic mass is 10.2. The van der Waals surface area contributed by atoms with Gasteiger partial charge in [0.05, 0.1) is 0 Å². The Morgan fingerprint density at radius 2 is 1.64 bits per heavy atom. The number of carbonyl (C=O) groups is 1. The summed E-state index contributed by atoms with van der Waals surface area (Å²) in [6.07, 6.45) is 1.50. The monoisotopic (exact) mass is 377 g/mol. The number of amides is 1. The molecule has 0 spiro atoms. The van der Waals surface area contributed by atoms with Gasteiger partial charge in [0.2, 0.25) is 0 Å². The molecule has 7 heteroatoms. The Morgan fingerprint density at radius 3 is 2.29 bits per heavy atom. The van der Waals surface area contributed by atoms with Crippen molar-refractivity contribution >= 4 is 28.9 Å². The molecule has 0 saturated heterocycles. The van der Waals surface area contributed by atoms with Gasteiger partial charge in [0.25, 0.3) is 5.91 Å². The van der Waals surface area contributed by atoms with E-state index in [1.807, 2.05) is 43.3 Å². The lowest BCUT2D eigenvalue weighted by molar-refractivity contribution is -0.130. The van der Waals surface area contributed by atoms with Gasteiger partial charge >= 0.3 is 0 Å². The highest BCUT2D eigenvalue weighted by molar-refractivity contribution is 5.77. The van der Waals surface area contributed by atoms with Gasteiger partial charge in [-0.25, -0.2) is 9.97 Å². The highest BCUT2D eigenvalue weighted by Gasteiger charge is 2.05. The number of nitrogens with zero attached hydrogens (tertiary/aromatic N) is 3. The van der Waals surface area contributed by atoms with Gasteiger partial charge < -0.3 is 20.3 Å². The summed E-state index contributed by atoms with van der Waals surface area (Å²) in [5, 5.41) is 6.50. The molecule has 3 rings (SSSR count). The maximum absolute atomic E-state index is 11.6. The van der Waals surface area contributed by atoms with Gasteiger partial charge in [-0.2, -0.15) is 0 Å². The van der Waals surface area contributed by atoms with Crippen molar-refractivity contribution in [2.45, 2.75) is 6.92 Å². The fourth-order valence-corrected chi connectivity index (χ4v) is 2.42. The lowest BCUT2D eigenvalue weighted by Gasteiger charge is -2.12. The van der Waals surface area contributed by atoms with Gasteiger partial charge in [-0.15, -0.1) is 0 Å². The van der Waals surface area contributed by atoms with Crippen molar-refractivity contribution in [1.29, 1.82) is 0 Å². The summed E-state index contributed by atoms with van der Waals surface area (Å²) in [5.41, 5.74) is 3.00. The minimum atomic E-state index is -0.0863. The number of hydrogen-bond acceptors (Lipinski definition) is 6. The minimum Gasteiger partial charge on any atom is -0.484 e. The van der Waals surface area contributed by atoms with Crippen LogP contribution in [0.15, 0.2) is 60.9 Å². The van der Waals surface area contributed by atoms with Crippen molar-refractivity contribution in [3.8, 4) is 5.75 Å². The normalized spacial score (nSPS) is 10.2. The summed E-state index contributed by atoms with van der Waals surface area (Å²) in [6.45, 7) is 2.06. The summed E-state index contributed by atoms with van der Waals surface area (Å²) in [6, 6.07) is 17.3. The fourth-order valence-electron chi connectivity index (χ4n) is 2.42. The number of aromatic nitrogens is 2. The highest BCUT2D eigenvalue weighted by Crippen LogP contribution is 2.21. The molecule has 0 radical (unpaired) electrons. The van der Waals surface area contributed by atoms with Crippen LogP contribution in [-0.4, -0.2) is 41.5 Å². The van der Waals surface area contributed by atoms with Crippen LogP contribution in [0, 0.1) is 6.92 Å². The van der Waals surface area contributed by atoms with Gasteiger partial charge in [-0.05, 0) is 48.9 Å². The third kappa shape index (κ3) is 5.44. The first-order valence-electron chi connectivity index (χ1n) is 8.85. The molecule has 3 aromatic rings. The van der Waals surface area contributed by atoms with E-state index in [9.17, 15) is 4.79 Å². The number of nitrogens with one attached hydrogen (secondary N) is 2. The molecule has 0 saturated carbocycles. The largest absolute Gasteiger partial charge is 0.484 e. The minimum absolute atomic E-state index is 0.0136. The predicted octanol–water partition coefficient (Wildman–Crippen LogP) is 3.74. The number of likely N-dealkylation sites (N-methyl/N-ethyl adjacent to an activating group) is 1. The second-order valence-corrected chi connectivity index (χ2v) is 6.51. The van der Waals surface area contributed by atoms with Crippen molar-refractivity contribution < 1.29 is 9.53 Å². The number of anilines is 4. The van der Waals surface area contributed by atoms with Crippen molar-refractivity contribution in [3.63, 3.8) is 0 Å². The number of carbonyl (C=O) groups excluding carboxylic acids is 1. The standard InChI is InChI=1S/C21H23N5O2/c1-15-5-4-6-17(11-15)25-20-12-19(22-14-23-20)24-16-7-9-18(10-8-16)28-13-21(27)26(2)3/h4-12,14H,13H2,1-3H3,(H2,22,23,24,25). The average Bonchev–Trinajstić information content (AvgIpc) is 2.67. The second kappa shape index (κ2) is 8.85. The molecular formula is C21H23N5O2. The van der Waals surface area contributed by atoms with E-state index in [0.717, 1.165) is 11.4 Å². The van der Waals surface area contributed by atoms with Crippen LogP contribution < -0.4 is 15.4 Å². The molecule has 0 unspecified atom stereocenters. The van der Waals surface area contributed by atoms with Gasteiger partial charge in [-0.1, -0.05) is 12.1 Å². The molecule has 1 heterocycles. The quantitative estimate of drug-likeness (QED) is 0.653. The molecule has 1 amide bonds. The van der Waals surface area contributed by atoms with E-state index in [1.165, 1.54) is 16.8 Å². The van der Waals surface area contributed by atoms with Crippen LogP contribution in [0.1, 0.15) is 5.56 Å². The Morgan fingerprint density at radius 1 is 0.964 bits per heavy atom. The molecular weight excluding hydrogens is 354 g/mol. The van der Waals surface area contributed by atoms with Crippen LogP contribution in [0.4, 0.5) is 23.0 Å². The molecule has 28 heavy (non-hydrogen) atoms. The van der Waals surface area contributed by atoms with E-state index in [4.69, 9.17) is 4.74 Å². The van der Waals surface area contributed by atoms with Crippen LogP contribution >= 0.6 is 0 Å². The zero-order chi connectivity index (χ0) is 19.9. The molecule has 0 aliphatic rings. The Labute approximate surface area is 164 Å². The van der Waals surface area contributed by atoms with E-state index in [2.05, 4.69) is 26.7 Å². The molecule has 0 bridgehead atoms. The third-order valence-corrected chi connectivity index (χ3v) is 3.95. The van der Waals surface area contributed by atoms with Gasteiger partial charge in [-0.3, -0.25) is 4.79 Å². The Kier molecular flexibility index (Phi) is 6.06. The topological polar surface area (TPSA) is 79.4 Å². The maximum atomic E-state index is 11.6. The van der Waals surface area contributed by atoms with E-state index in [1.54, 1.807) is 26.2 Å². The van der Waals surface area contributed by atoms with Crippen LogP contribution in [0.5, 0.6) is 5.75 Å². The van der Waals surface area contributed by atoms with Crippen LogP contribution in [0.25, 0.3) is 0 Å².